The summed E-state index contributed by atoms with van der Waals surface area (Å²) in [6.45, 7) is 4.51. The summed E-state index contributed by atoms with van der Waals surface area (Å²) in [6, 6.07) is 9.16. The number of thioether (sulfide) groups is 1. The number of benzene rings is 1. The fourth-order valence-electron chi connectivity index (χ4n) is 12.5. The zero-order chi connectivity index (χ0) is 34.7. The molecule has 0 bridgehead atoms. The Kier molecular flexibility index (Phi) is 8.04. The van der Waals surface area contributed by atoms with Crippen molar-refractivity contribution >= 4 is 23.5 Å². The Morgan fingerprint density at radius 2 is 1.84 bits per heavy atom. The van der Waals surface area contributed by atoms with E-state index >= 15 is 0 Å². The smallest absolute Gasteiger partial charge is 0.331 e. The van der Waals surface area contributed by atoms with E-state index in [1.54, 1.807) is 17.8 Å². The number of nitrogens with one attached hydrogen (secondary N) is 1. The Morgan fingerprint density at radius 3 is 2.60 bits per heavy atom. The van der Waals surface area contributed by atoms with E-state index in [1.165, 1.54) is 0 Å². The van der Waals surface area contributed by atoms with Gasteiger partial charge >= 0.3 is 5.97 Å². The molecule has 4 saturated carbocycles. The van der Waals surface area contributed by atoms with Crippen LogP contribution in [0, 0.1) is 34.5 Å². The number of aliphatic hydroxyl groups is 3. The van der Waals surface area contributed by atoms with Crippen LogP contribution in [0.4, 0.5) is 0 Å². The minimum absolute atomic E-state index is 0.00760. The van der Waals surface area contributed by atoms with Crippen LogP contribution >= 0.6 is 11.8 Å². The summed E-state index contributed by atoms with van der Waals surface area (Å²) in [4.78, 5) is 24.2. The van der Waals surface area contributed by atoms with Crippen LogP contribution in [-0.2, 0) is 23.7 Å². The van der Waals surface area contributed by atoms with Crippen molar-refractivity contribution in [3.63, 3.8) is 0 Å². The van der Waals surface area contributed by atoms with E-state index in [0.717, 1.165) is 37.7 Å². The van der Waals surface area contributed by atoms with Gasteiger partial charge in [0, 0.05) is 53.7 Å². The highest BCUT2D eigenvalue weighted by Gasteiger charge is 2.72. The Hall–Kier alpha value is -1.83. The second kappa shape index (κ2) is 11.8. The number of cyclic esters (lactones) is 1. The molecule has 1 aromatic carbocycles. The fraction of sp³-hybridized carbons (Fsp3) is 0.744. The van der Waals surface area contributed by atoms with Crippen molar-refractivity contribution in [3.05, 3.63) is 47.5 Å². The molecule has 0 radical (unpaired) electrons. The van der Waals surface area contributed by atoms with Crippen LogP contribution in [0.5, 0.6) is 0 Å². The molecule has 0 amide bonds. The first-order chi connectivity index (χ1) is 23.9. The first kappa shape index (κ1) is 34.0. The fourth-order valence-corrected chi connectivity index (χ4v) is 14.2. The molecule has 7 fully saturated rings. The van der Waals surface area contributed by atoms with Gasteiger partial charge < -0.3 is 34.3 Å². The van der Waals surface area contributed by atoms with Crippen molar-refractivity contribution in [1.82, 2.24) is 5.32 Å². The number of esters is 1. The molecule has 1 spiro atoms. The molecule has 9 rings (SSSR count). The van der Waals surface area contributed by atoms with E-state index in [4.69, 9.17) is 18.9 Å². The van der Waals surface area contributed by atoms with Crippen molar-refractivity contribution < 1.29 is 43.9 Å². The van der Waals surface area contributed by atoms with Crippen LogP contribution in [0.25, 0.3) is 0 Å². The quantitative estimate of drug-likeness (QED) is 0.199. The molecule has 50 heavy (non-hydrogen) atoms. The number of rotatable bonds is 5. The third kappa shape index (κ3) is 4.73. The molecule has 10 nitrogen and oxygen atoms in total. The normalized spacial score (nSPS) is 50.8. The summed E-state index contributed by atoms with van der Waals surface area (Å²) in [5.74, 6) is -0.979. The third-order valence-electron chi connectivity index (χ3n) is 14.9. The second-order valence-corrected chi connectivity index (χ2v) is 18.4. The Morgan fingerprint density at radius 1 is 1.02 bits per heavy atom. The van der Waals surface area contributed by atoms with E-state index in [2.05, 4.69) is 12.2 Å². The Labute approximate surface area is 298 Å². The van der Waals surface area contributed by atoms with E-state index in [1.807, 2.05) is 37.3 Å². The molecule has 272 valence electrons. The van der Waals surface area contributed by atoms with Gasteiger partial charge in [-0.15, -0.1) is 11.8 Å². The number of Topliss-reactive ketones (excluding diaryl/α,β-unsaturated/α-hetero) is 1. The van der Waals surface area contributed by atoms with Gasteiger partial charge in [0.15, 0.2) is 5.78 Å². The van der Waals surface area contributed by atoms with E-state index in [9.17, 15) is 24.9 Å². The van der Waals surface area contributed by atoms with Gasteiger partial charge in [0.05, 0.1) is 23.9 Å². The maximum absolute atomic E-state index is 13.2. The minimum Gasteiger partial charge on any atom is -0.458 e. The first-order valence-electron chi connectivity index (χ1n) is 18.9. The summed E-state index contributed by atoms with van der Waals surface area (Å²) >= 11 is 1.59. The number of aliphatic hydroxyl groups excluding tert-OH is 1. The van der Waals surface area contributed by atoms with Crippen molar-refractivity contribution in [2.24, 2.45) is 34.5 Å². The Bertz CT molecular complexity index is 1580. The molecule has 11 heteroatoms. The van der Waals surface area contributed by atoms with Crippen molar-refractivity contribution in [3.8, 4) is 0 Å². The highest BCUT2D eigenvalue weighted by molar-refractivity contribution is 8.01. The number of ketones is 1. The largest absolute Gasteiger partial charge is 0.458 e. The van der Waals surface area contributed by atoms with Crippen LogP contribution in [0.1, 0.15) is 88.4 Å². The molecule has 4 aliphatic heterocycles. The number of hydrogen-bond donors (Lipinski definition) is 4. The minimum atomic E-state index is -1.80. The molecule has 3 saturated heterocycles. The summed E-state index contributed by atoms with van der Waals surface area (Å²) in [6.07, 6.45) is 6.69. The molecule has 8 aliphatic rings. The van der Waals surface area contributed by atoms with E-state index < -0.39 is 34.1 Å². The number of hydrogen-bond acceptors (Lipinski definition) is 11. The number of ether oxygens (including phenoxy) is 4. The summed E-state index contributed by atoms with van der Waals surface area (Å²) in [7, 11) is 0. The molecule has 4 N–H and O–H groups in total. The lowest BCUT2D eigenvalue weighted by atomic mass is 9.42. The van der Waals surface area contributed by atoms with Crippen LogP contribution in [0.3, 0.4) is 0 Å². The van der Waals surface area contributed by atoms with E-state index in [-0.39, 0.29) is 65.7 Å². The van der Waals surface area contributed by atoms with Gasteiger partial charge in [0.25, 0.3) is 0 Å². The predicted octanol–water partition coefficient (Wildman–Crippen LogP) is 4.11. The summed E-state index contributed by atoms with van der Waals surface area (Å²) in [5.41, 5.74) is -0.0633. The van der Waals surface area contributed by atoms with Crippen LogP contribution in [0.15, 0.2) is 42.0 Å². The van der Waals surface area contributed by atoms with Gasteiger partial charge in [-0.3, -0.25) is 10.1 Å². The lowest BCUT2D eigenvalue weighted by molar-refractivity contribution is -0.450. The van der Waals surface area contributed by atoms with Gasteiger partial charge in [0.1, 0.15) is 11.5 Å². The molecular weight excluding hydrogens is 658 g/mol. The SMILES string of the molecule is C[C@@H]1CC2(NC(CC(=O)c3ccccc3)CS2)C2(O)O[C@@H]3C[C@]4(CO)C5CC[C@]6(C)[C@@H](C7=CC(=O)OC7)CC[C@]6(O)[C@@H]5CC[C@H]4C[C@H]3O[C@@H]2O1. The molecule has 4 heterocycles. The predicted molar refractivity (Wildman–Crippen MR) is 184 cm³/mol. The summed E-state index contributed by atoms with van der Waals surface area (Å²) < 4.78 is 25.2. The van der Waals surface area contributed by atoms with E-state index in [0.29, 0.717) is 50.0 Å². The highest BCUT2D eigenvalue weighted by Crippen LogP contribution is 2.70. The van der Waals surface area contributed by atoms with Crippen LogP contribution in [-0.4, -0.2) is 92.9 Å². The van der Waals surface area contributed by atoms with Crippen molar-refractivity contribution in [2.75, 3.05) is 19.0 Å². The molecule has 4 aliphatic carbocycles. The number of carbonyl (C=O) groups is 2. The lowest BCUT2D eigenvalue weighted by Gasteiger charge is -2.66. The third-order valence-corrected chi connectivity index (χ3v) is 16.6. The number of fused-ring (bicyclic) bond motifs is 8. The van der Waals surface area contributed by atoms with Gasteiger partial charge in [-0.1, -0.05) is 37.3 Å². The molecule has 4 unspecified atom stereocenters. The number of carbonyl (C=O) groups excluding carboxylic acids is 2. The van der Waals surface area contributed by atoms with Gasteiger partial charge in [-0.05, 0) is 87.5 Å². The second-order valence-electron chi connectivity index (χ2n) is 17.1. The maximum Gasteiger partial charge on any atom is 0.331 e. The zero-order valence-electron chi connectivity index (χ0n) is 29.1. The Balaban J connectivity index is 0.972. The van der Waals surface area contributed by atoms with Gasteiger partial charge in [-0.25, -0.2) is 4.79 Å². The zero-order valence-corrected chi connectivity index (χ0v) is 29.9. The van der Waals surface area contributed by atoms with Crippen LogP contribution < -0.4 is 5.32 Å². The molecule has 14 atom stereocenters. The van der Waals surface area contributed by atoms with Crippen molar-refractivity contribution in [2.45, 2.75) is 125 Å². The van der Waals surface area contributed by atoms with Gasteiger partial charge in [-0.2, -0.15) is 0 Å². The maximum atomic E-state index is 13.2. The molecule has 0 aromatic heterocycles. The highest BCUT2D eigenvalue weighted by atomic mass is 32.2. The van der Waals surface area contributed by atoms with Crippen molar-refractivity contribution in [1.29, 1.82) is 0 Å². The lowest BCUT2D eigenvalue weighted by Crippen LogP contribution is -2.76. The topological polar surface area (TPSA) is 144 Å². The van der Waals surface area contributed by atoms with Gasteiger partial charge in [0.2, 0.25) is 12.1 Å². The molecular formula is C39H51NO9S. The standard InChI is InChI=1S/C39H51NO9S/c1-22-17-38(40-26(20-50-38)16-30(42)23-6-4-3-5-7-23)39(45)34(47-22)48-31-15-25-8-9-29-28(36(25,21-41)18-32(31)49-39)10-12-35(2)27(11-13-37(29,35)44)24-14-33(43)46-19-24/h3-7,14,22,25-29,31-32,34,40-41,44-45H,8-13,15-21H2,1-2H3/t22-,25+,26?,27-,28?,29-,31-,32-,34+,35-,36-,37+,38?,39?/m1/s1. The monoisotopic (exact) mass is 709 g/mol. The molecule has 1 aromatic rings. The van der Waals surface area contributed by atoms with Crippen LogP contribution in [0.2, 0.25) is 0 Å². The summed E-state index contributed by atoms with van der Waals surface area (Å²) in [5, 5.41) is 40.4. The first-order valence-corrected chi connectivity index (χ1v) is 19.8. The average molecular weight is 710 g/mol. The average Bonchev–Trinajstić information content (AvgIpc) is 3.79.